The first-order valence-corrected chi connectivity index (χ1v) is 9.49. The lowest BCUT2D eigenvalue weighted by atomic mass is 10.1. The molecule has 0 aromatic rings. The molecule has 0 spiro atoms. The standard InChI is InChI=1S/C11H25BrOSi/c1-5-14(6-2,7-3)13-10-11(4)8-9-12/h11H,5-10H2,1-4H3. The maximum Gasteiger partial charge on any atom is 0.191 e. The summed E-state index contributed by atoms with van der Waals surface area (Å²) in [6.45, 7) is 10.1. The smallest absolute Gasteiger partial charge is 0.191 e. The largest absolute Gasteiger partial charge is 0.417 e. The predicted molar refractivity (Wildman–Crippen MR) is 70.7 cm³/mol. The minimum Gasteiger partial charge on any atom is -0.417 e. The van der Waals surface area contributed by atoms with Gasteiger partial charge in [-0.25, -0.2) is 0 Å². The van der Waals surface area contributed by atoms with E-state index in [-0.39, 0.29) is 0 Å². The van der Waals surface area contributed by atoms with Gasteiger partial charge in [0.05, 0.1) is 0 Å². The minimum atomic E-state index is -1.32. The second-order valence-electron chi connectivity index (χ2n) is 4.14. The van der Waals surface area contributed by atoms with Crippen molar-refractivity contribution in [1.29, 1.82) is 0 Å². The predicted octanol–water partition coefficient (Wildman–Crippen LogP) is 4.43. The van der Waals surface area contributed by atoms with Crippen LogP contribution < -0.4 is 0 Å². The van der Waals surface area contributed by atoms with Gasteiger partial charge in [0.2, 0.25) is 0 Å². The average Bonchev–Trinajstić information content (AvgIpc) is 2.21. The molecule has 0 aromatic heterocycles. The fourth-order valence-electron chi connectivity index (χ4n) is 1.64. The Balaban J connectivity index is 3.92. The van der Waals surface area contributed by atoms with Crippen molar-refractivity contribution in [2.45, 2.75) is 52.2 Å². The summed E-state index contributed by atoms with van der Waals surface area (Å²) in [6, 6.07) is 3.79. The Labute approximate surface area is 98.9 Å². The molecule has 0 aliphatic heterocycles. The van der Waals surface area contributed by atoms with Gasteiger partial charge in [-0.05, 0) is 30.5 Å². The number of hydrogen-bond acceptors (Lipinski definition) is 1. The van der Waals surface area contributed by atoms with Gasteiger partial charge in [0.15, 0.2) is 8.32 Å². The molecule has 86 valence electrons. The highest BCUT2D eigenvalue weighted by Gasteiger charge is 2.28. The zero-order chi connectivity index (χ0) is 11.0. The SMILES string of the molecule is CC[Si](CC)(CC)OCC(C)CCBr. The van der Waals surface area contributed by atoms with Gasteiger partial charge in [0.25, 0.3) is 0 Å². The van der Waals surface area contributed by atoms with Crippen LogP contribution in [0.4, 0.5) is 0 Å². The van der Waals surface area contributed by atoms with Crippen molar-refractivity contribution >= 4 is 24.2 Å². The van der Waals surface area contributed by atoms with E-state index in [2.05, 4.69) is 43.6 Å². The molecule has 0 aromatic carbocycles. The average molecular weight is 281 g/mol. The quantitative estimate of drug-likeness (QED) is 0.472. The molecule has 0 N–H and O–H groups in total. The molecule has 0 saturated carbocycles. The molecule has 14 heavy (non-hydrogen) atoms. The highest BCUT2D eigenvalue weighted by Crippen LogP contribution is 2.22. The van der Waals surface area contributed by atoms with Gasteiger partial charge >= 0.3 is 0 Å². The first-order valence-electron chi connectivity index (χ1n) is 5.84. The summed E-state index contributed by atoms with van der Waals surface area (Å²) in [6.07, 6.45) is 1.22. The summed E-state index contributed by atoms with van der Waals surface area (Å²) in [5.41, 5.74) is 0. The molecule has 0 saturated heterocycles. The van der Waals surface area contributed by atoms with Gasteiger partial charge in [-0.2, -0.15) is 0 Å². The third-order valence-electron chi connectivity index (χ3n) is 3.21. The lowest BCUT2D eigenvalue weighted by Crippen LogP contribution is -2.37. The van der Waals surface area contributed by atoms with Crippen LogP contribution in [-0.2, 0) is 4.43 Å². The van der Waals surface area contributed by atoms with Crippen LogP contribution >= 0.6 is 15.9 Å². The topological polar surface area (TPSA) is 9.23 Å². The summed E-state index contributed by atoms with van der Waals surface area (Å²) in [4.78, 5) is 0. The van der Waals surface area contributed by atoms with E-state index in [9.17, 15) is 0 Å². The molecule has 0 bridgehead atoms. The van der Waals surface area contributed by atoms with Gasteiger partial charge in [0, 0.05) is 11.9 Å². The van der Waals surface area contributed by atoms with Crippen LogP contribution in [0.5, 0.6) is 0 Å². The molecule has 1 nitrogen and oxygen atoms in total. The molecule has 0 amide bonds. The zero-order valence-corrected chi connectivity index (χ0v) is 12.7. The molecule has 0 aliphatic rings. The Morgan fingerprint density at radius 3 is 2.00 bits per heavy atom. The van der Waals surface area contributed by atoms with Crippen molar-refractivity contribution in [3.8, 4) is 0 Å². The molecule has 1 unspecified atom stereocenters. The molecule has 0 radical (unpaired) electrons. The second kappa shape index (κ2) is 7.89. The Morgan fingerprint density at radius 2 is 1.64 bits per heavy atom. The zero-order valence-electron chi connectivity index (χ0n) is 10.1. The van der Waals surface area contributed by atoms with Crippen molar-refractivity contribution in [1.82, 2.24) is 0 Å². The van der Waals surface area contributed by atoms with Crippen molar-refractivity contribution in [2.75, 3.05) is 11.9 Å². The Bertz CT molecular complexity index is 129. The van der Waals surface area contributed by atoms with Crippen LogP contribution in [0, 0.1) is 5.92 Å². The summed E-state index contributed by atoms with van der Waals surface area (Å²) < 4.78 is 6.21. The van der Waals surface area contributed by atoms with Crippen molar-refractivity contribution in [3.05, 3.63) is 0 Å². The van der Waals surface area contributed by atoms with Gasteiger partial charge in [0.1, 0.15) is 0 Å². The monoisotopic (exact) mass is 280 g/mol. The van der Waals surface area contributed by atoms with E-state index in [1.807, 2.05) is 0 Å². The third-order valence-corrected chi connectivity index (χ3v) is 8.31. The van der Waals surface area contributed by atoms with Crippen molar-refractivity contribution in [3.63, 3.8) is 0 Å². The lowest BCUT2D eigenvalue weighted by Gasteiger charge is -2.29. The van der Waals surface area contributed by atoms with E-state index < -0.39 is 8.32 Å². The molecular formula is C11H25BrOSi. The highest BCUT2D eigenvalue weighted by molar-refractivity contribution is 9.09. The molecule has 3 heteroatoms. The number of alkyl halides is 1. The van der Waals surface area contributed by atoms with Gasteiger partial charge in [-0.15, -0.1) is 0 Å². The maximum atomic E-state index is 6.21. The van der Waals surface area contributed by atoms with Crippen molar-refractivity contribution < 1.29 is 4.43 Å². The van der Waals surface area contributed by atoms with E-state index in [0.29, 0.717) is 5.92 Å². The summed E-state index contributed by atoms with van der Waals surface area (Å²) >= 11 is 3.48. The molecular weight excluding hydrogens is 256 g/mol. The van der Waals surface area contributed by atoms with Crippen LogP contribution in [-0.4, -0.2) is 20.3 Å². The Kier molecular flexibility index (Phi) is 8.26. The second-order valence-corrected chi connectivity index (χ2v) is 9.71. The van der Waals surface area contributed by atoms with E-state index >= 15 is 0 Å². The fraction of sp³-hybridized carbons (Fsp3) is 1.00. The Morgan fingerprint density at radius 1 is 1.14 bits per heavy atom. The lowest BCUT2D eigenvalue weighted by molar-refractivity contribution is 0.243. The minimum absolute atomic E-state index is 0.700. The number of halogens is 1. The normalized spacial score (nSPS) is 14.4. The van der Waals surface area contributed by atoms with E-state index in [4.69, 9.17) is 4.43 Å². The van der Waals surface area contributed by atoms with Gasteiger partial charge < -0.3 is 4.43 Å². The Hall–Kier alpha value is 0.657. The van der Waals surface area contributed by atoms with Crippen molar-refractivity contribution in [2.24, 2.45) is 5.92 Å². The van der Waals surface area contributed by atoms with Gasteiger partial charge in [-0.1, -0.05) is 43.6 Å². The summed E-state index contributed by atoms with van der Waals surface area (Å²) in [5, 5.41) is 1.09. The molecule has 0 fully saturated rings. The molecule has 1 atom stereocenters. The number of rotatable bonds is 8. The molecule has 0 aliphatic carbocycles. The van der Waals surface area contributed by atoms with Gasteiger partial charge in [-0.3, -0.25) is 0 Å². The number of hydrogen-bond donors (Lipinski definition) is 0. The van der Waals surface area contributed by atoms with Crippen LogP contribution in [0.15, 0.2) is 0 Å². The third kappa shape index (κ3) is 4.94. The summed E-state index contributed by atoms with van der Waals surface area (Å²) in [7, 11) is -1.32. The first kappa shape index (κ1) is 14.7. The van der Waals surface area contributed by atoms with E-state index in [0.717, 1.165) is 11.9 Å². The molecule has 0 rings (SSSR count). The van der Waals surface area contributed by atoms with E-state index in [1.54, 1.807) is 0 Å². The molecule has 0 heterocycles. The first-order chi connectivity index (χ1) is 6.64. The maximum absolute atomic E-state index is 6.21. The van der Waals surface area contributed by atoms with Crippen LogP contribution in [0.2, 0.25) is 18.1 Å². The summed E-state index contributed by atoms with van der Waals surface area (Å²) in [5.74, 6) is 0.700. The van der Waals surface area contributed by atoms with Crippen LogP contribution in [0.25, 0.3) is 0 Å². The van der Waals surface area contributed by atoms with E-state index in [1.165, 1.54) is 24.6 Å². The van der Waals surface area contributed by atoms with Crippen LogP contribution in [0.3, 0.4) is 0 Å². The fourth-order valence-corrected chi connectivity index (χ4v) is 5.18. The highest BCUT2D eigenvalue weighted by atomic mass is 79.9. The van der Waals surface area contributed by atoms with Crippen LogP contribution in [0.1, 0.15) is 34.1 Å².